The number of halogens is 2. The summed E-state index contributed by atoms with van der Waals surface area (Å²) in [4.78, 5) is 2.25. The number of benzene rings is 1. The van der Waals surface area contributed by atoms with Gasteiger partial charge in [0.25, 0.3) is 0 Å². The number of likely N-dealkylation sites (tertiary alicyclic amines) is 1. The van der Waals surface area contributed by atoms with E-state index in [0.717, 1.165) is 25.9 Å². The first kappa shape index (κ1) is 12.8. The molecule has 0 radical (unpaired) electrons. The van der Waals surface area contributed by atoms with Gasteiger partial charge in [0.05, 0.1) is 6.04 Å². The van der Waals surface area contributed by atoms with Gasteiger partial charge >= 0.3 is 0 Å². The van der Waals surface area contributed by atoms with E-state index in [2.05, 4.69) is 11.8 Å². The number of rotatable bonds is 3. The van der Waals surface area contributed by atoms with Crippen LogP contribution < -0.4 is 5.73 Å². The minimum atomic E-state index is -0.210. The Hall–Kier alpha value is -0.640. The Morgan fingerprint density at radius 1 is 1.53 bits per heavy atom. The fourth-order valence-corrected chi connectivity index (χ4v) is 2.77. The highest BCUT2D eigenvalue weighted by Gasteiger charge is 2.33. The summed E-state index contributed by atoms with van der Waals surface area (Å²) in [6.45, 7) is 4.01. The van der Waals surface area contributed by atoms with Gasteiger partial charge in [0, 0.05) is 23.2 Å². The van der Waals surface area contributed by atoms with Crippen LogP contribution in [0.15, 0.2) is 18.2 Å². The van der Waals surface area contributed by atoms with Gasteiger partial charge in [0.15, 0.2) is 0 Å². The lowest BCUT2D eigenvalue weighted by atomic mass is 10.00. The van der Waals surface area contributed by atoms with E-state index in [1.54, 1.807) is 12.1 Å². The zero-order valence-electron chi connectivity index (χ0n) is 10.00. The molecule has 0 spiro atoms. The van der Waals surface area contributed by atoms with E-state index in [0.29, 0.717) is 10.6 Å². The van der Waals surface area contributed by atoms with Crippen LogP contribution in [0.3, 0.4) is 0 Å². The molecule has 0 amide bonds. The fraction of sp³-hybridized carbons (Fsp3) is 0.538. The largest absolute Gasteiger partial charge is 0.326 e. The van der Waals surface area contributed by atoms with Gasteiger partial charge in [-0.3, -0.25) is 4.90 Å². The van der Waals surface area contributed by atoms with Crippen molar-refractivity contribution < 1.29 is 4.39 Å². The Morgan fingerprint density at radius 2 is 2.29 bits per heavy atom. The maximum atomic E-state index is 13.9. The lowest BCUT2D eigenvalue weighted by molar-refractivity contribution is 0.243. The monoisotopic (exact) mass is 256 g/mol. The van der Waals surface area contributed by atoms with Crippen molar-refractivity contribution in [1.82, 2.24) is 4.90 Å². The van der Waals surface area contributed by atoms with E-state index in [1.165, 1.54) is 6.07 Å². The van der Waals surface area contributed by atoms with Crippen molar-refractivity contribution in [2.75, 3.05) is 13.1 Å². The molecule has 17 heavy (non-hydrogen) atoms. The average Bonchev–Trinajstić information content (AvgIpc) is 2.64. The van der Waals surface area contributed by atoms with Gasteiger partial charge in [-0.15, -0.1) is 0 Å². The molecule has 2 rings (SSSR count). The molecule has 1 aromatic rings. The molecule has 1 aliphatic rings. The Balaban J connectivity index is 2.32. The topological polar surface area (TPSA) is 29.3 Å². The van der Waals surface area contributed by atoms with Gasteiger partial charge in [0.2, 0.25) is 0 Å². The van der Waals surface area contributed by atoms with Crippen LogP contribution in [0.1, 0.15) is 31.4 Å². The molecule has 1 fully saturated rings. The first-order valence-corrected chi connectivity index (χ1v) is 6.46. The molecule has 0 bridgehead atoms. The van der Waals surface area contributed by atoms with E-state index in [1.807, 2.05) is 0 Å². The second-order valence-electron chi connectivity index (χ2n) is 4.60. The summed E-state index contributed by atoms with van der Waals surface area (Å²) in [6.07, 6.45) is 1.96. The number of nitrogens with zero attached hydrogens (tertiary/aromatic N) is 1. The Morgan fingerprint density at radius 3 is 3.00 bits per heavy atom. The standard InChI is InChI=1S/C13H18ClFN2/c1-2-6-17-7-5-12(16)13(17)10-8-9(14)3-4-11(10)15/h3-4,8,12-13H,2,5-7,16H2,1H3. The molecule has 0 saturated carbocycles. The Labute approximate surface area is 107 Å². The summed E-state index contributed by atoms with van der Waals surface area (Å²) in [6, 6.07) is 4.66. The van der Waals surface area contributed by atoms with Gasteiger partial charge in [-0.1, -0.05) is 18.5 Å². The first-order chi connectivity index (χ1) is 8.13. The minimum absolute atomic E-state index is 0.00508. The Kier molecular flexibility index (Phi) is 4.02. The number of hydrogen-bond donors (Lipinski definition) is 1. The molecule has 2 unspecified atom stereocenters. The molecular weight excluding hydrogens is 239 g/mol. The number of hydrogen-bond acceptors (Lipinski definition) is 2. The van der Waals surface area contributed by atoms with Crippen LogP contribution in [0, 0.1) is 5.82 Å². The summed E-state index contributed by atoms with van der Waals surface area (Å²) in [7, 11) is 0. The van der Waals surface area contributed by atoms with Crippen LogP contribution in [0.25, 0.3) is 0 Å². The lowest BCUT2D eigenvalue weighted by Gasteiger charge is -2.27. The molecule has 2 atom stereocenters. The Bertz CT molecular complexity index is 395. The zero-order valence-corrected chi connectivity index (χ0v) is 10.8. The molecule has 0 aliphatic carbocycles. The van der Waals surface area contributed by atoms with E-state index in [4.69, 9.17) is 17.3 Å². The van der Waals surface area contributed by atoms with Crippen molar-refractivity contribution in [3.63, 3.8) is 0 Å². The van der Waals surface area contributed by atoms with Crippen molar-refractivity contribution in [2.45, 2.75) is 31.8 Å². The van der Waals surface area contributed by atoms with E-state index in [9.17, 15) is 4.39 Å². The maximum absolute atomic E-state index is 13.9. The highest BCUT2D eigenvalue weighted by molar-refractivity contribution is 6.30. The van der Waals surface area contributed by atoms with Crippen molar-refractivity contribution in [2.24, 2.45) is 5.73 Å². The molecule has 1 saturated heterocycles. The van der Waals surface area contributed by atoms with Gasteiger partial charge in [0.1, 0.15) is 5.82 Å². The zero-order chi connectivity index (χ0) is 12.4. The van der Waals surface area contributed by atoms with E-state index in [-0.39, 0.29) is 17.9 Å². The van der Waals surface area contributed by atoms with Crippen LogP contribution in [-0.4, -0.2) is 24.0 Å². The molecular formula is C13H18ClFN2. The van der Waals surface area contributed by atoms with Gasteiger partial charge in [-0.25, -0.2) is 4.39 Å². The quantitative estimate of drug-likeness (QED) is 0.901. The summed E-state index contributed by atoms with van der Waals surface area (Å²) >= 11 is 5.94. The highest BCUT2D eigenvalue weighted by atomic mass is 35.5. The van der Waals surface area contributed by atoms with E-state index < -0.39 is 0 Å². The van der Waals surface area contributed by atoms with Crippen molar-refractivity contribution in [3.05, 3.63) is 34.6 Å². The number of nitrogens with two attached hydrogens (primary N) is 1. The third-order valence-corrected chi connectivity index (χ3v) is 3.57. The molecule has 4 heteroatoms. The summed E-state index contributed by atoms with van der Waals surface area (Å²) < 4.78 is 13.9. The molecule has 2 N–H and O–H groups in total. The molecule has 2 nitrogen and oxygen atoms in total. The smallest absolute Gasteiger partial charge is 0.128 e. The summed E-state index contributed by atoms with van der Waals surface area (Å²) in [5.41, 5.74) is 6.73. The molecule has 1 aliphatic heterocycles. The van der Waals surface area contributed by atoms with E-state index >= 15 is 0 Å². The highest BCUT2D eigenvalue weighted by Crippen LogP contribution is 2.33. The third-order valence-electron chi connectivity index (χ3n) is 3.34. The molecule has 1 aromatic carbocycles. The third kappa shape index (κ3) is 2.62. The maximum Gasteiger partial charge on any atom is 0.128 e. The second-order valence-corrected chi connectivity index (χ2v) is 5.04. The lowest BCUT2D eigenvalue weighted by Crippen LogP contribution is -2.33. The van der Waals surface area contributed by atoms with Crippen molar-refractivity contribution in [3.8, 4) is 0 Å². The molecule has 0 aromatic heterocycles. The molecule has 94 valence electrons. The van der Waals surface area contributed by atoms with Crippen LogP contribution in [0.4, 0.5) is 4.39 Å². The predicted molar refractivity (Wildman–Crippen MR) is 68.6 cm³/mol. The van der Waals surface area contributed by atoms with Crippen LogP contribution in [-0.2, 0) is 0 Å². The van der Waals surface area contributed by atoms with Gasteiger partial charge in [-0.2, -0.15) is 0 Å². The predicted octanol–water partition coefficient (Wildman–Crippen LogP) is 2.96. The van der Waals surface area contributed by atoms with Gasteiger partial charge < -0.3 is 5.73 Å². The first-order valence-electron chi connectivity index (χ1n) is 6.08. The van der Waals surface area contributed by atoms with Crippen LogP contribution in [0.5, 0.6) is 0 Å². The summed E-state index contributed by atoms with van der Waals surface area (Å²) in [5.74, 6) is -0.210. The normalized spacial score (nSPS) is 25.4. The van der Waals surface area contributed by atoms with Gasteiger partial charge in [-0.05, 0) is 37.6 Å². The molecule has 1 heterocycles. The van der Waals surface area contributed by atoms with Crippen molar-refractivity contribution in [1.29, 1.82) is 0 Å². The second kappa shape index (κ2) is 5.34. The van der Waals surface area contributed by atoms with Crippen LogP contribution >= 0.6 is 11.6 Å². The summed E-state index contributed by atoms with van der Waals surface area (Å²) in [5, 5.41) is 0.567. The van der Waals surface area contributed by atoms with Crippen LogP contribution in [0.2, 0.25) is 5.02 Å². The SMILES string of the molecule is CCCN1CCC(N)C1c1cc(Cl)ccc1F. The average molecular weight is 257 g/mol. The fourth-order valence-electron chi connectivity index (χ4n) is 2.59. The van der Waals surface area contributed by atoms with Crippen molar-refractivity contribution >= 4 is 11.6 Å². The minimum Gasteiger partial charge on any atom is -0.326 e.